The summed E-state index contributed by atoms with van der Waals surface area (Å²) in [4.78, 5) is 7.22. The maximum absolute atomic E-state index is 5.29. The van der Waals surface area contributed by atoms with Crippen LogP contribution in [0.4, 0.5) is 0 Å². The molecule has 4 nitrogen and oxygen atoms in total. The molecule has 0 saturated carbocycles. The van der Waals surface area contributed by atoms with Gasteiger partial charge >= 0.3 is 0 Å². The fourth-order valence-corrected chi connectivity index (χ4v) is 2.45. The highest BCUT2D eigenvalue weighted by Gasteiger charge is 2.33. The van der Waals surface area contributed by atoms with E-state index in [1.807, 2.05) is 0 Å². The van der Waals surface area contributed by atoms with Gasteiger partial charge in [-0.1, -0.05) is 13.8 Å². The summed E-state index contributed by atoms with van der Waals surface area (Å²) in [6.07, 6.45) is 2.57. The van der Waals surface area contributed by atoms with Gasteiger partial charge in [-0.05, 0) is 25.7 Å². The van der Waals surface area contributed by atoms with E-state index < -0.39 is 0 Å². The van der Waals surface area contributed by atoms with Crippen molar-refractivity contribution in [2.24, 2.45) is 16.3 Å². The van der Waals surface area contributed by atoms with Crippen molar-refractivity contribution in [1.29, 1.82) is 0 Å². The van der Waals surface area contributed by atoms with Crippen LogP contribution < -0.4 is 5.32 Å². The fourth-order valence-electron chi connectivity index (χ4n) is 2.45. The lowest BCUT2D eigenvalue weighted by atomic mass is 9.89. The maximum Gasteiger partial charge on any atom is 0.193 e. The van der Waals surface area contributed by atoms with Gasteiger partial charge in [0.15, 0.2) is 5.96 Å². The van der Waals surface area contributed by atoms with Crippen molar-refractivity contribution >= 4 is 29.9 Å². The van der Waals surface area contributed by atoms with Gasteiger partial charge in [0.05, 0.1) is 19.8 Å². The van der Waals surface area contributed by atoms with E-state index in [0.717, 1.165) is 51.3 Å². The lowest BCUT2D eigenvalue weighted by Crippen LogP contribution is -2.47. The van der Waals surface area contributed by atoms with Crippen molar-refractivity contribution in [2.75, 3.05) is 39.4 Å². The van der Waals surface area contributed by atoms with Crippen LogP contribution >= 0.6 is 24.0 Å². The summed E-state index contributed by atoms with van der Waals surface area (Å²) in [5.41, 5.74) is 0.268. The first-order valence-electron chi connectivity index (χ1n) is 7.24. The number of ether oxygens (including phenoxy) is 1. The minimum absolute atomic E-state index is 0. The molecule has 2 aliphatic heterocycles. The largest absolute Gasteiger partial charge is 0.380 e. The third kappa shape index (κ3) is 4.77. The number of nitrogens with zero attached hydrogens (tertiary/aromatic N) is 2. The molecular formula is C14H28IN3O. The first-order chi connectivity index (χ1) is 8.63. The third-order valence-corrected chi connectivity index (χ3v) is 3.93. The van der Waals surface area contributed by atoms with Crippen LogP contribution in [0.3, 0.4) is 0 Å². The molecular weight excluding hydrogens is 353 g/mol. The quantitative estimate of drug-likeness (QED) is 0.463. The Hall–Kier alpha value is -0.0400. The predicted molar refractivity (Wildman–Crippen MR) is 90.3 cm³/mol. The first-order valence-corrected chi connectivity index (χ1v) is 7.24. The van der Waals surface area contributed by atoms with Crippen LogP contribution in [0.1, 0.15) is 33.6 Å². The lowest BCUT2D eigenvalue weighted by molar-refractivity contribution is -0.0946. The van der Waals surface area contributed by atoms with E-state index in [1.165, 1.54) is 12.8 Å². The third-order valence-electron chi connectivity index (χ3n) is 3.93. The highest BCUT2D eigenvalue weighted by atomic mass is 127. The van der Waals surface area contributed by atoms with Gasteiger partial charge in [-0.3, -0.25) is 4.99 Å². The Bertz CT molecular complexity index is 297. The van der Waals surface area contributed by atoms with Gasteiger partial charge in [0.2, 0.25) is 0 Å². The predicted octanol–water partition coefficient (Wildman–Crippen LogP) is 2.34. The molecule has 2 saturated heterocycles. The zero-order valence-corrected chi connectivity index (χ0v) is 14.8. The summed E-state index contributed by atoms with van der Waals surface area (Å²) < 4.78 is 5.29. The number of likely N-dealkylation sites (tertiary alicyclic amines) is 1. The second-order valence-corrected chi connectivity index (χ2v) is 6.14. The molecule has 0 aromatic rings. The molecule has 0 aromatic heterocycles. The molecule has 1 N–H and O–H groups in total. The zero-order chi connectivity index (χ0) is 13.0. The number of aliphatic imine (C=N–C) groups is 1. The molecule has 112 valence electrons. The van der Waals surface area contributed by atoms with E-state index in [4.69, 9.17) is 9.73 Å². The van der Waals surface area contributed by atoms with Crippen LogP contribution in [0.2, 0.25) is 0 Å². The minimum Gasteiger partial charge on any atom is -0.380 e. The van der Waals surface area contributed by atoms with Gasteiger partial charge in [-0.15, -0.1) is 24.0 Å². The van der Waals surface area contributed by atoms with Crippen LogP contribution in [0, 0.1) is 11.3 Å². The molecule has 2 fully saturated rings. The molecule has 0 aliphatic carbocycles. The summed E-state index contributed by atoms with van der Waals surface area (Å²) in [7, 11) is 0. The Morgan fingerprint density at radius 3 is 2.47 bits per heavy atom. The molecule has 0 amide bonds. The molecule has 2 rings (SSSR count). The highest BCUT2D eigenvalue weighted by molar-refractivity contribution is 14.0. The topological polar surface area (TPSA) is 36.9 Å². The van der Waals surface area contributed by atoms with Crippen molar-refractivity contribution in [3.63, 3.8) is 0 Å². The van der Waals surface area contributed by atoms with Gasteiger partial charge < -0.3 is 15.0 Å². The molecule has 2 heterocycles. The van der Waals surface area contributed by atoms with E-state index >= 15 is 0 Å². The Labute approximate surface area is 134 Å². The molecule has 0 atom stereocenters. The molecule has 0 bridgehead atoms. The lowest BCUT2D eigenvalue weighted by Gasteiger charge is -2.38. The molecule has 0 spiro atoms. The van der Waals surface area contributed by atoms with Gasteiger partial charge in [-0.2, -0.15) is 0 Å². The standard InChI is InChI=1S/C14H27N3O.HI/c1-4-15-13(16-9-14(3)10-18-11-14)17-7-5-12(2)6-8-17;/h12H,4-11H2,1-3H3,(H,15,16);1H. The Balaban J connectivity index is 0.00000180. The monoisotopic (exact) mass is 381 g/mol. The normalized spacial score (nSPS) is 23.5. The van der Waals surface area contributed by atoms with Crippen molar-refractivity contribution in [3.05, 3.63) is 0 Å². The summed E-state index contributed by atoms with van der Waals surface area (Å²) in [6.45, 7) is 12.5. The van der Waals surface area contributed by atoms with E-state index in [9.17, 15) is 0 Å². The number of guanidine groups is 1. The molecule has 0 aromatic carbocycles. The van der Waals surface area contributed by atoms with Crippen molar-refractivity contribution in [3.8, 4) is 0 Å². The second kappa shape index (κ2) is 7.67. The van der Waals surface area contributed by atoms with Gasteiger partial charge in [0, 0.05) is 25.0 Å². The maximum atomic E-state index is 5.29. The van der Waals surface area contributed by atoms with Crippen molar-refractivity contribution < 1.29 is 4.74 Å². The Morgan fingerprint density at radius 1 is 1.37 bits per heavy atom. The van der Waals surface area contributed by atoms with Gasteiger partial charge in [-0.25, -0.2) is 0 Å². The van der Waals surface area contributed by atoms with E-state index in [2.05, 4.69) is 31.0 Å². The fraction of sp³-hybridized carbons (Fsp3) is 0.929. The van der Waals surface area contributed by atoms with E-state index in [1.54, 1.807) is 0 Å². The molecule has 0 radical (unpaired) electrons. The second-order valence-electron chi connectivity index (χ2n) is 6.14. The summed E-state index contributed by atoms with van der Waals surface area (Å²) in [6, 6.07) is 0. The zero-order valence-electron chi connectivity index (χ0n) is 12.4. The van der Waals surface area contributed by atoms with Crippen molar-refractivity contribution in [1.82, 2.24) is 10.2 Å². The molecule has 0 unspecified atom stereocenters. The first kappa shape index (κ1) is 17.0. The number of hydrogen-bond acceptors (Lipinski definition) is 2. The van der Waals surface area contributed by atoms with Crippen LogP contribution in [0.5, 0.6) is 0 Å². The van der Waals surface area contributed by atoms with Crippen LogP contribution in [0.15, 0.2) is 4.99 Å². The minimum atomic E-state index is 0. The number of piperidine rings is 1. The molecule has 5 heteroatoms. The van der Waals surface area contributed by atoms with Gasteiger partial charge in [0.25, 0.3) is 0 Å². The summed E-state index contributed by atoms with van der Waals surface area (Å²) >= 11 is 0. The Morgan fingerprint density at radius 2 is 2.00 bits per heavy atom. The van der Waals surface area contributed by atoms with Crippen molar-refractivity contribution in [2.45, 2.75) is 33.6 Å². The van der Waals surface area contributed by atoms with E-state index in [-0.39, 0.29) is 29.4 Å². The van der Waals surface area contributed by atoms with Crippen LogP contribution in [0.25, 0.3) is 0 Å². The number of nitrogens with one attached hydrogen (secondary N) is 1. The average molecular weight is 381 g/mol. The number of rotatable bonds is 3. The average Bonchev–Trinajstić information content (AvgIpc) is 2.33. The molecule has 19 heavy (non-hydrogen) atoms. The smallest absolute Gasteiger partial charge is 0.193 e. The van der Waals surface area contributed by atoms with E-state index in [0.29, 0.717) is 0 Å². The number of halogens is 1. The van der Waals surface area contributed by atoms with Crippen LogP contribution in [-0.4, -0.2) is 50.3 Å². The van der Waals surface area contributed by atoms with Crippen LogP contribution in [-0.2, 0) is 4.74 Å². The Kier molecular flexibility index (Phi) is 6.86. The molecule has 2 aliphatic rings. The summed E-state index contributed by atoms with van der Waals surface area (Å²) in [5.74, 6) is 1.96. The van der Waals surface area contributed by atoms with Gasteiger partial charge in [0.1, 0.15) is 0 Å². The number of hydrogen-bond donors (Lipinski definition) is 1. The summed E-state index contributed by atoms with van der Waals surface area (Å²) in [5, 5.41) is 3.42. The SMILES string of the molecule is CCNC(=NCC1(C)COC1)N1CCC(C)CC1.I. The highest BCUT2D eigenvalue weighted by Crippen LogP contribution is 2.26.